The highest BCUT2D eigenvalue weighted by Gasteiger charge is 2.17. The maximum absolute atomic E-state index is 11.9. The van der Waals surface area contributed by atoms with Crippen LogP contribution < -0.4 is 16.0 Å². The number of aliphatic imine (C=N–C) groups is 1. The second-order valence-electron chi connectivity index (χ2n) is 6.08. The predicted molar refractivity (Wildman–Crippen MR) is 103 cm³/mol. The standard InChI is InChI=1S/C16H30N4O2.HI/c1-2-17-16(19-12-14-8-5-11-22-14)18-10-9-15(21)20-13-6-3-4-7-13;/h13-14H,2-12H2,1H3,(H,20,21)(H2,17,18,19);1H. The molecule has 0 bridgehead atoms. The molecule has 6 nitrogen and oxygen atoms in total. The third-order valence-corrected chi connectivity index (χ3v) is 4.19. The zero-order valence-corrected chi connectivity index (χ0v) is 16.4. The fourth-order valence-corrected chi connectivity index (χ4v) is 2.99. The van der Waals surface area contributed by atoms with Crippen molar-refractivity contribution in [3.63, 3.8) is 0 Å². The van der Waals surface area contributed by atoms with E-state index in [0.29, 0.717) is 25.6 Å². The first-order valence-corrected chi connectivity index (χ1v) is 8.71. The molecular formula is C16H31IN4O2. The van der Waals surface area contributed by atoms with Crippen LogP contribution in [0.2, 0.25) is 0 Å². The summed E-state index contributed by atoms with van der Waals surface area (Å²) in [5.41, 5.74) is 0. The number of carbonyl (C=O) groups is 1. The lowest BCUT2D eigenvalue weighted by molar-refractivity contribution is -0.121. The number of nitrogens with one attached hydrogen (secondary N) is 3. The number of halogens is 1. The summed E-state index contributed by atoms with van der Waals surface area (Å²) in [5, 5.41) is 9.53. The van der Waals surface area contributed by atoms with Gasteiger partial charge in [0.25, 0.3) is 0 Å². The minimum atomic E-state index is 0. The maximum atomic E-state index is 11.9. The molecule has 1 saturated carbocycles. The molecule has 2 rings (SSSR count). The Morgan fingerprint density at radius 3 is 2.61 bits per heavy atom. The molecule has 2 aliphatic rings. The van der Waals surface area contributed by atoms with Gasteiger partial charge in [0.05, 0.1) is 12.6 Å². The molecule has 0 radical (unpaired) electrons. The van der Waals surface area contributed by atoms with Crippen molar-refractivity contribution in [2.45, 2.75) is 64.0 Å². The Hall–Kier alpha value is -0.570. The SMILES string of the molecule is CCNC(=NCC1CCCO1)NCCC(=O)NC1CCCC1.I. The minimum absolute atomic E-state index is 0. The molecular weight excluding hydrogens is 407 g/mol. The first-order valence-electron chi connectivity index (χ1n) is 8.71. The highest BCUT2D eigenvalue weighted by molar-refractivity contribution is 14.0. The molecule has 0 aromatic rings. The minimum Gasteiger partial charge on any atom is -0.376 e. The van der Waals surface area contributed by atoms with E-state index in [1.807, 2.05) is 6.92 Å². The van der Waals surface area contributed by atoms with Crippen LogP contribution in [-0.2, 0) is 9.53 Å². The molecule has 23 heavy (non-hydrogen) atoms. The van der Waals surface area contributed by atoms with Crippen LogP contribution in [0.25, 0.3) is 0 Å². The summed E-state index contributed by atoms with van der Waals surface area (Å²) < 4.78 is 5.57. The Morgan fingerprint density at radius 1 is 1.17 bits per heavy atom. The van der Waals surface area contributed by atoms with E-state index in [1.54, 1.807) is 0 Å². The second kappa shape index (κ2) is 11.9. The van der Waals surface area contributed by atoms with E-state index < -0.39 is 0 Å². The zero-order chi connectivity index (χ0) is 15.6. The molecule has 1 amide bonds. The molecule has 3 N–H and O–H groups in total. The van der Waals surface area contributed by atoms with Gasteiger partial charge in [-0.25, -0.2) is 0 Å². The number of hydrogen-bond donors (Lipinski definition) is 3. The molecule has 1 atom stereocenters. The number of nitrogens with zero attached hydrogens (tertiary/aromatic N) is 1. The van der Waals surface area contributed by atoms with Crippen LogP contribution in [0.4, 0.5) is 0 Å². The van der Waals surface area contributed by atoms with Crippen molar-refractivity contribution < 1.29 is 9.53 Å². The van der Waals surface area contributed by atoms with Crippen molar-refractivity contribution in [1.29, 1.82) is 0 Å². The number of hydrogen-bond acceptors (Lipinski definition) is 3. The lowest BCUT2D eigenvalue weighted by Crippen LogP contribution is -2.40. The van der Waals surface area contributed by atoms with Gasteiger partial charge in [-0.05, 0) is 32.6 Å². The van der Waals surface area contributed by atoms with Gasteiger partial charge in [-0.15, -0.1) is 24.0 Å². The van der Waals surface area contributed by atoms with E-state index in [0.717, 1.165) is 44.8 Å². The van der Waals surface area contributed by atoms with Crippen LogP contribution in [0.15, 0.2) is 4.99 Å². The van der Waals surface area contributed by atoms with Crippen molar-refractivity contribution in [3.8, 4) is 0 Å². The van der Waals surface area contributed by atoms with E-state index in [9.17, 15) is 4.79 Å². The van der Waals surface area contributed by atoms with Crippen molar-refractivity contribution in [2.24, 2.45) is 4.99 Å². The van der Waals surface area contributed by atoms with Crippen molar-refractivity contribution in [2.75, 3.05) is 26.2 Å². The van der Waals surface area contributed by atoms with E-state index in [2.05, 4.69) is 20.9 Å². The number of guanidine groups is 1. The van der Waals surface area contributed by atoms with Gasteiger partial charge in [0.15, 0.2) is 5.96 Å². The third-order valence-electron chi connectivity index (χ3n) is 4.19. The Kier molecular flexibility index (Phi) is 10.6. The van der Waals surface area contributed by atoms with Gasteiger partial charge in [0.2, 0.25) is 5.91 Å². The second-order valence-corrected chi connectivity index (χ2v) is 6.08. The molecule has 1 aliphatic carbocycles. The number of ether oxygens (including phenoxy) is 1. The molecule has 1 aliphatic heterocycles. The van der Waals surface area contributed by atoms with Crippen LogP contribution in [0.3, 0.4) is 0 Å². The van der Waals surface area contributed by atoms with Gasteiger partial charge in [-0.3, -0.25) is 9.79 Å². The zero-order valence-electron chi connectivity index (χ0n) is 14.1. The van der Waals surface area contributed by atoms with Crippen LogP contribution in [0.5, 0.6) is 0 Å². The van der Waals surface area contributed by atoms with Crippen molar-refractivity contribution >= 4 is 35.8 Å². The monoisotopic (exact) mass is 438 g/mol. The molecule has 7 heteroatoms. The average molecular weight is 438 g/mol. The largest absolute Gasteiger partial charge is 0.376 e. The van der Waals surface area contributed by atoms with E-state index >= 15 is 0 Å². The maximum Gasteiger partial charge on any atom is 0.221 e. The summed E-state index contributed by atoms with van der Waals surface area (Å²) in [6.45, 7) is 4.99. The Morgan fingerprint density at radius 2 is 1.96 bits per heavy atom. The number of rotatable bonds is 7. The van der Waals surface area contributed by atoms with Crippen LogP contribution in [0, 0.1) is 0 Å². The highest BCUT2D eigenvalue weighted by atomic mass is 127. The number of amides is 1. The van der Waals surface area contributed by atoms with Gasteiger partial charge < -0.3 is 20.7 Å². The molecule has 1 saturated heterocycles. The topological polar surface area (TPSA) is 74.8 Å². The van der Waals surface area contributed by atoms with E-state index in [1.165, 1.54) is 12.8 Å². The smallest absolute Gasteiger partial charge is 0.221 e. The van der Waals surface area contributed by atoms with Gasteiger partial charge >= 0.3 is 0 Å². The van der Waals surface area contributed by atoms with Crippen LogP contribution in [-0.4, -0.2) is 50.3 Å². The van der Waals surface area contributed by atoms with Gasteiger partial charge in [0.1, 0.15) is 0 Å². The third kappa shape index (κ3) is 8.19. The van der Waals surface area contributed by atoms with Crippen LogP contribution in [0.1, 0.15) is 51.9 Å². The van der Waals surface area contributed by atoms with Gasteiger partial charge in [-0.1, -0.05) is 12.8 Å². The normalized spacial score (nSPS) is 21.8. The molecule has 0 spiro atoms. The first kappa shape index (κ1) is 20.5. The molecule has 134 valence electrons. The Labute approximate surface area is 156 Å². The molecule has 0 aromatic heterocycles. The summed E-state index contributed by atoms with van der Waals surface area (Å²) in [4.78, 5) is 16.4. The van der Waals surface area contributed by atoms with Gasteiger partial charge in [0, 0.05) is 32.2 Å². The van der Waals surface area contributed by atoms with Crippen LogP contribution >= 0.6 is 24.0 Å². The molecule has 1 unspecified atom stereocenters. The highest BCUT2D eigenvalue weighted by Crippen LogP contribution is 2.17. The number of carbonyl (C=O) groups excluding carboxylic acids is 1. The quantitative estimate of drug-likeness (QED) is 0.322. The Balaban J connectivity index is 0.00000264. The lowest BCUT2D eigenvalue weighted by Gasteiger charge is -2.14. The van der Waals surface area contributed by atoms with Crippen molar-refractivity contribution in [3.05, 3.63) is 0 Å². The molecule has 2 fully saturated rings. The summed E-state index contributed by atoms with van der Waals surface area (Å²) in [7, 11) is 0. The lowest BCUT2D eigenvalue weighted by atomic mass is 10.2. The Bertz CT molecular complexity index is 367. The fraction of sp³-hybridized carbons (Fsp3) is 0.875. The first-order chi connectivity index (χ1) is 10.8. The molecule has 0 aromatic carbocycles. The van der Waals surface area contributed by atoms with Crippen molar-refractivity contribution in [1.82, 2.24) is 16.0 Å². The summed E-state index contributed by atoms with van der Waals surface area (Å²) in [5.74, 6) is 0.904. The van der Waals surface area contributed by atoms with E-state index in [-0.39, 0.29) is 36.0 Å². The summed E-state index contributed by atoms with van der Waals surface area (Å²) >= 11 is 0. The van der Waals surface area contributed by atoms with E-state index in [4.69, 9.17) is 4.74 Å². The fourth-order valence-electron chi connectivity index (χ4n) is 2.99. The summed E-state index contributed by atoms with van der Waals surface area (Å²) in [6, 6.07) is 0.397. The van der Waals surface area contributed by atoms with Gasteiger partial charge in [-0.2, -0.15) is 0 Å². The summed E-state index contributed by atoms with van der Waals surface area (Å²) in [6.07, 6.45) is 7.70. The molecule has 1 heterocycles. The predicted octanol–water partition coefficient (Wildman–Crippen LogP) is 1.79. The average Bonchev–Trinajstić information content (AvgIpc) is 3.18.